The zero-order valence-electron chi connectivity index (χ0n) is 7.12. The number of ether oxygens (including phenoxy) is 1. The molecule has 0 spiro atoms. The van der Waals surface area contributed by atoms with Crippen molar-refractivity contribution in [3.05, 3.63) is 36.3 Å². The predicted molar refractivity (Wildman–Crippen MR) is 48.3 cm³/mol. The van der Waals surface area contributed by atoms with Crippen molar-refractivity contribution in [2.75, 3.05) is 7.11 Å². The van der Waals surface area contributed by atoms with E-state index >= 15 is 0 Å². The quantitative estimate of drug-likeness (QED) is 0.667. The summed E-state index contributed by atoms with van der Waals surface area (Å²) in [5, 5.41) is 0.699. The Morgan fingerprint density at radius 1 is 1.31 bits per heavy atom. The fraction of sp³-hybridized carbons (Fsp3) is 0.100. The highest BCUT2D eigenvalue weighted by atomic mass is 19.1. The minimum absolute atomic E-state index is 0.279. The van der Waals surface area contributed by atoms with Crippen LogP contribution in [-0.4, -0.2) is 12.1 Å². The molecule has 1 heterocycles. The molecule has 66 valence electrons. The van der Waals surface area contributed by atoms with E-state index in [4.69, 9.17) is 4.74 Å². The number of nitrogens with zero attached hydrogens (tertiary/aromatic N) is 1. The number of rotatable bonds is 1. The van der Waals surface area contributed by atoms with Crippen molar-refractivity contribution in [1.29, 1.82) is 0 Å². The van der Waals surface area contributed by atoms with Gasteiger partial charge in [-0.2, -0.15) is 0 Å². The monoisotopic (exact) mass is 177 g/mol. The average Bonchev–Trinajstić information content (AvgIpc) is 2.17. The molecular weight excluding hydrogens is 169 g/mol. The Kier molecular flexibility index (Phi) is 1.85. The Balaban J connectivity index is 2.79. The standard InChI is InChI=1S/C10H8FNO/c1-13-10-4-5-12-9-3-2-7(11)6-8(9)10/h2-6H,1H3. The lowest BCUT2D eigenvalue weighted by Gasteiger charge is -2.03. The highest BCUT2D eigenvalue weighted by molar-refractivity contribution is 5.84. The summed E-state index contributed by atoms with van der Waals surface area (Å²) in [6, 6.07) is 6.14. The van der Waals surface area contributed by atoms with Crippen LogP contribution in [0.4, 0.5) is 4.39 Å². The van der Waals surface area contributed by atoms with E-state index in [0.29, 0.717) is 11.1 Å². The van der Waals surface area contributed by atoms with Crippen molar-refractivity contribution in [1.82, 2.24) is 4.98 Å². The lowest BCUT2D eigenvalue weighted by molar-refractivity contribution is 0.419. The molecule has 0 radical (unpaired) electrons. The molecule has 2 rings (SSSR count). The van der Waals surface area contributed by atoms with E-state index in [9.17, 15) is 4.39 Å². The Hall–Kier alpha value is -1.64. The molecule has 0 atom stereocenters. The second kappa shape index (κ2) is 3.01. The SMILES string of the molecule is COc1ccnc2ccc(F)cc12. The van der Waals surface area contributed by atoms with Crippen LogP contribution in [0.5, 0.6) is 5.75 Å². The molecule has 1 aromatic heterocycles. The molecule has 0 unspecified atom stereocenters. The van der Waals surface area contributed by atoms with Gasteiger partial charge in [0.05, 0.1) is 12.6 Å². The van der Waals surface area contributed by atoms with Crippen LogP contribution in [0.25, 0.3) is 10.9 Å². The van der Waals surface area contributed by atoms with Gasteiger partial charge in [-0.3, -0.25) is 4.98 Å². The molecule has 3 heteroatoms. The van der Waals surface area contributed by atoms with E-state index in [1.807, 2.05) is 0 Å². The minimum atomic E-state index is -0.279. The summed E-state index contributed by atoms with van der Waals surface area (Å²) < 4.78 is 17.9. The van der Waals surface area contributed by atoms with Crippen molar-refractivity contribution in [2.24, 2.45) is 0 Å². The molecular formula is C10H8FNO. The van der Waals surface area contributed by atoms with E-state index in [1.165, 1.54) is 12.1 Å². The molecule has 0 aliphatic rings. The summed E-state index contributed by atoms with van der Waals surface area (Å²) in [5.41, 5.74) is 0.737. The van der Waals surface area contributed by atoms with Crippen LogP contribution in [-0.2, 0) is 0 Å². The largest absolute Gasteiger partial charge is 0.496 e. The Bertz CT molecular complexity index is 442. The maximum atomic E-state index is 12.9. The van der Waals surface area contributed by atoms with Crippen LogP contribution >= 0.6 is 0 Å². The first kappa shape index (κ1) is 7.98. The molecule has 0 aliphatic heterocycles. The van der Waals surface area contributed by atoms with Crippen LogP contribution < -0.4 is 4.74 Å². The smallest absolute Gasteiger partial charge is 0.129 e. The van der Waals surface area contributed by atoms with Gasteiger partial charge in [0.2, 0.25) is 0 Å². The van der Waals surface area contributed by atoms with Gasteiger partial charge in [0, 0.05) is 11.6 Å². The number of pyridine rings is 1. The van der Waals surface area contributed by atoms with Crippen molar-refractivity contribution < 1.29 is 9.13 Å². The van der Waals surface area contributed by atoms with Gasteiger partial charge in [0.1, 0.15) is 11.6 Å². The lowest BCUT2D eigenvalue weighted by Crippen LogP contribution is -1.87. The summed E-state index contributed by atoms with van der Waals surface area (Å²) in [4.78, 5) is 4.08. The summed E-state index contributed by atoms with van der Waals surface area (Å²) in [6.07, 6.45) is 1.64. The molecule has 2 aromatic rings. The fourth-order valence-corrected chi connectivity index (χ4v) is 1.27. The first-order chi connectivity index (χ1) is 6.31. The second-order valence-corrected chi connectivity index (χ2v) is 2.67. The number of aromatic nitrogens is 1. The number of halogens is 1. The van der Waals surface area contributed by atoms with Gasteiger partial charge in [-0.05, 0) is 24.3 Å². The number of methoxy groups -OCH3 is 1. The summed E-state index contributed by atoms with van der Waals surface area (Å²) in [5.74, 6) is 0.364. The van der Waals surface area contributed by atoms with Crippen LogP contribution in [0.15, 0.2) is 30.5 Å². The maximum Gasteiger partial charge on any atom is 0.129 e. The van der Waals surface area contributed by atoms with E-state index in [0.717, 1.165) is 5.52 Å². The first-order valence-electron chi connectivity index (χ1n) is 3.89. The minimum Gasteiger partial charge on any atom is -0.496 e. The molecule has 0 saturated carbocycles. The lowest BCUT2D eigenvalue weighted by atomic mass is 10.2. The van der Waals surface area contributed by atoms with Crippen LogP contribution in [0.1, 0.15) is 0 Å². The highest BCUT2D eigenvalue weighted by Gasteiger charge is 2.02. The first-order valence-corrected chi connectivity index (χ1v) is 3.89. The van der Waals surface area contributed by atoms with Crippen LogP contribution in [0.2, 0.25) is 0 Å². The van der Waals surface area contributed by atoms with E-state index < -0.39 is 0 Å². The van der Waals surface area contributed by atoms with Crippen molar-refractivity contribution >= 4 is 10.9 Å². The van der Waals surface area contributed by atoms with Crippen LogP contribution in [0, 0.1) is 5.82 Å². The van der Waals surface area contributed by atoms with Gasteiger partial charge in [0.25, 0.3) is 0 Å². The maximum absolute atomic E-state index is 12.9. The van der Waals surface area contributed by atoms with Crippen molar-refractivity contribution in [3.8, 4) is 5.75 Å². The second-order valence-electron chi connectivity index (χ2n) is 2.67. The third kappa shape index (κ3) is 1.33. The van der Waals surface area contributed by atoms with Gasteiger partial charge in [0.15, 0.2) is 0 Å². The van der Waals surface area contributed by atoms with E-state index in [1.54, 1.807) is 25.4 Å². The normalized spacial score (nSPS) is 10.3. The van der Waals surface area contributed by atoms with Gasteiger partial charge in [-0.25, -0.2) is 4.39 Å². The van der Waals surface area contributed by atoms with Gasteiger partial charge < -0.3 is 4.74 Å². The van der Waals surface area contributed by atoms with Gasteiger partial charge in [-0.15, -0.1) is 0 Å². The molecule has 0 amide bonds. The molecule has 0 aliphatic carbocycles. The molecule has 13 heavy (non-hydrogen) atoms. The number of hydrogen-bond acceptors (Lipinski definition) is 2. The molecule has 0 bridgehead atoms. The summed E-state index contributed by atoms with van der Waals surface area (Å²) >= 11 is 0. The predicted octanol–water partition coefficient (Wildman–Crippen LogP) is 2.38. The molecule has 2 nitrogen and oxygen atoms in total. The molecule has 1 aromatic carbocycles. The zero-order chi connectivity index (χ0) is 9.26. The molecule has 0 fully saturated rings. The van der Waals surface area contributed by atoms with Crippen molar-refractivity contribution in [3.63, 3.8) is 0 Å². The van der Waals surface area contributed by atoms with Gasteiger partial charge in [-0.1, -0.05) is 0 Å². The summed E-state index contributed by atoms with van der Waals surface area (Å²) in [6.45, 7) is 0. The highest BCUT2D eigenvalue weighted by Crippen LogP contribution is 2.23. The number of hydrogen-bond donors (Lipinski definition) is 0. The van der Waals surface area contributed by atoms with Crippen molar-refractivity contribution in [2.45, 2.75) is 0 Å². The molecule has 0 N–H and O–H groups in total. The Morgan fingerprint density at radius 3 is 2.92 bits per heavy atom. The van der Waals surface area contributed by atoms with Gasteiger partial charge >= 0.3 is 0 Å². The number of benzene rings is 1. The summed E-state index contributed by atoms with van der Waals surface area (Å²) in [7, 11) is 1.56. The Morgan fingerprint density at radius 2 is 2.15 bits per heavy atom. The Labute approximate surface area is 75.0 Å². The van der Waals surface area contributed by atoms with Crippen LogP contribution in [0.3, 0.4) is 0 Å². The molecule has 0 saturated heterocycles. The van der Waals surface area contributed by atoms with E-state index in [2.05, 4.69) is 4.98 Å². The third-order valence-electron chi connectivity index (χ3n) is 1.88. The third-order valence-corrected chi connectivity index (χ3v) is 1.88. The van der Waals surface area contributed by atoms with E-state index in [-0.39, 0.29) is 5.82 Å². The fourth-order valence-electron chi connectivity index (χ4n) is 1.27. The topological polar surface area (TPSA) is 22.1 Å². The number of fused-ring (bicyclic) bond motifs is 1. The zero-order valence-corrected chi connectivity index (χ0v) is 7.12. The average molecular weight is 177 g/mol.